The van der Waals surface area contributed by atoms with Crippen molar-refractivity contribution in [2.24, 2.45) is 5.73 Å². The topological polar surface area (TPSA) is 55.0 Å². The summed E-state index contributed by atoms with van der Waals surface area (Å²) >= 11 is 0.774. The van der Waals surface area contributed by atoms with Gasteiger partial charge in [0, 0.05) is 30.7 Å². The van der Waals surface area contributed by atoms with E-state index < -0.39 is 12.0 Å². The first-order chi connectivity index (χ1) is 7.47. The van der Waals surface area contributed by atoms with E-state index in [0.717, 1.165) is 24.4 Å². The average molecular weight is 252 g/mol. The number of anilines is 1. The van der Waals surface area contributed by atoms with Crippen LogP contribution in [0.3, 0.4) is 0 Å². The van der Waals surface area contributed by atoms with Crippen molar-refractivity contribution >= 4 is 16.7 Å². The molecular formula is C8H11F3N4S. The molecule has 0 aliphatic carbocycles. The zero-order chi connectivity index (χ0) is 11.8. The summed E-state index contributed by atoms with van der Waals surface area (Å²) in [5.74, 6) is -1.06. The Labute approximate surface area is 94.4 Å². The average Bonchev–Trinajstić information content (AvgIpc) is 2.65. The quantitative estimate of drug-likeness (QED) is 0.822. The molecule has 1 aliphatic rings. The number of nitrogens with zero attached hydrogens (tertiary/aromatic N) is 3. The number of rotatable bonds is 1. The molecule has 8 heteroatoms. The number of nitrogens with two attached hydrogens (primary N) is 1. The molecule has 1 atom stereocenters. The van der Waals surface area contributed by atoms with Crippen LogP contribution < -0.4 is 10.6 Å². The molecule has 0 aromatic carbocycles. The lowest BCUT2D eigenvalue weighted by Crippen LogP contribution is -2.42. The molecule has 1 aliphatic heterocycles. The SMILES string of the molecule is NC1CCCN(c2nc(C(F)(F)F)ns2)C1. The van der Waals surface area contributed by atoms with Gasteiger partial charge in [-0.05, 0) is 12.8 Å². The summed E-state index contributed by atoms with van der Waals surface area (Å²) in [6.45, 7) is 1.24. The lowest BCUT2D eigenvalue weighted by Gasteiger charge is -2.29. The molecule has 1 fully saturated rings. The number of hydrogen-bond acceptors (Lipinski definition) is 5. The first-order valence-corrected chi connectivity index (χ1v) is 5.65. The van der Waals surface area contributed by atoms with E-state index in [2.05, 4.69) is 9.36 Å². The van der Waals surface area contributed by atoms with E-state index in [0.29, 0.717) is 18.2 Å². The summed E-state index contributed by atoms with van der Waals surface area (Å²) in [6.07, 6.45) is -2.68. The van der Waals surface area contributed by atoms with Crippen molar-refractivity contribution in [1.29, 1.82) is 0 Å². The fraction of sp³-hybridized carbons (Fsp3) is 0.750. The summed E-state index contributed by atoms with van der Waals surface area (Å²) in [5, 5.41) is 0.308. The van der Waals surface area contributed by atoms with Crippen molar-refractivity contribution in [3.63, 3.8) is 0 Å². The molecule has 90 valence electrons. The van der Waals surface area contributed by atoms with Crippen LogP contribution in [0, 0.1) is 0 Å². The maximum Gasteiger partial charge on any atom is 0.452 e. The van der Waals surface area contributed by atoms with Gasteiger partial charge in [-0.25, -0.2) is 0 Å². The van der Waals surface area contributed by atoms with Gasteiger partial charge < -0.3 is 10.6 Å². The molecule has 1 aromatic rings. The van der Waals surface area contributed by atoms with E-state index in [1.807, 2.05) is 0 Å². The van der Waals surface area contributed by atoms with Gasteiger partial charge >= 0.3 is 6.18 Å². The van der Waals surface area contributed by atoms with Crippen LogP contribution in [0.4, 0.5) is 18.3 Å². The molecule has 1 saturated heterocycles. The Morgan fingerprint density at radius 3 is 2.75 bits per heavy atom. The fourth-order valence-corrected chi connectivity index (χ4v) is 2.36. The van der Waals surface area contributed by atoms with Crippen molar-refractivity contribution in [1.82, 2.24) is 9.36 Å². The molecule has 2 N–H and O–H groups in total. The number of piperidine rings is 1. The molecule has 1 unspecified atom stereocenters. The highest BCUT2D eigenvalue weighted by Crippen LogP contribution is 2.30. The van der Waals surface area contributed by atoms with Gasteiger partial charge in [0.2, 0.25) is 11.0 Å². The fourth-order valence-electron chi connectivity index (χ4n) is 1.64. The number of halogens is 3. The lowest BCUT2D eigenvalue weighted by atomic mass is 10.1. The van der Waals surface area contributed by atoms with E-state index in [1.165, 1.54) is 0 Å². The molecule has 0 amide bonds. The monoisotopic (exact) mass is 252 g/mol. The van der Waals surface area contributed by atoms with Crippen LogP contribution in [-0.2, 0) is 6.18 Å². The molecule has 2 heterocycles. The Kier molecular flexibility index (Phi) is 3.02. The number of aromatic nitrogens is 2. The predicted octanol–water partition coefficient (Wildman–Crippen LogP) is 1.48. The third kappa shape index (κ3) is 2.43. The highest BCUT2D eigenvalue weighted by molar-refractivity contribution is 7.09. The predicted molar refractivity (Wildman–Crippen MR) is 54.3 cm³/mol. The van der Waals surface area contributed by atoms with E-state index in [9.17, 15) is 13.2 Å². The third-order valence-electron chi connectivity index (χ3n) is 2.40. The molecule has 0 radical (unpaired) electrons. The number of alkyl halides is 3. The zero-order valence-corrected chi connectivity index (χ0v) is 9.18. The van der Waals surface area contributed by atoms with Crippen LogP contribution in [0.1, 0.15) is 18.7 Å². The second-order valence-electron chi connectivity index (χ2n) is 3.75. The minimum Gasteiger partial charge on any atom is -0.345 e. The molecule has 16 heavy (non-hydrogen) atoms. The van der Waals surface area contributed by atoms with Crippen molar-refractivity contribution in [2.45, 2.75) is 25.1 Å². The van der Waals surface area contributed by atoms with Gasteiger partial charge in [0.05, 0.1) is 0 Å². The van der Waals surface area contributed by atoms with Gasteiger partial charge in [0.15, 0.2) is 0 Å². The van der Waals surface area contributed by atoms with Gasteiger partial charge in [-0.15, -0.1) is 0 Å². The molecule has 4 nitrogen and oxygen atoms in total. The first-order valence-electron chi connectivity index (χ1n) is 4.88. The third-order valence-corrected chi connectivity index (χ3v) is 3.17. The molecule has 0 bridgehead atoms. The normalized spacial score (nSPS) is 22.5. The van der Waals surface area contributed by atoms with Gasteiger partial charge in [0.1, 0.15) is 0 Å². The summed E-state index contributed by atoms with van der Waals surface area (Å²) in [5.41, 5.74) is 5.75. The summed E-state index contributed by atoms with van der Waals surface area (Å²) < 4.78 is 40.2. The van der Waals surface area contributed by atoms with E-state index >= 15 is 0 Å². The Morgan fingerprint density at radius 1 is 1.44 bits per heavy atom. The Balaban J connectivity index is 2.12. The zero-order valence-electron chi connectivity index (χ0n) is 8.37. The molecule has 0 spiro atoms. The van der Waals surface area contributed by atoms with Gasteiger partial charge in [-0.3, -0.25) is 0 Å². The first kappa shape index (κ1) is 11.6. The lowest BCUT2D eigenvalue weighted by molar-refractivity contribution is -0.144. The van der Waals surface area contributed by atoms with Crippen LogP contribution in [-0.4, -0.2) is 28.5 Å². The van der Waals surface area contributed by atoms with Crippen molar-refractivity contribution < 1.29 is 13.2 Å². The summed E-state index contributed by atoms with van der Waals surface area (Å²) in [4.78, 5) is 5.26. The Bertz CT molecular complexity index is 364. The minimum absolute atomic E-state index is 0.00647. The second-order valence-corrected chi connectivity index (χ2v) is 4.48. The smallest absolute Gasteiger partial charge is 0.345 e. The highest BCUT2D eigenvalue weighted by atomic mass is 32.1. The van der Waals surface area contributed by atoms with E-state index in [4.69, 9.17) is 5.73 Å². The van der Waals surface area contributed by atoms with Gasteiger partial charge in [0.25, 0.3) is 0 Å². The Morgan fingerprint density at radius 2 is 2.19 bits per heavy atom. The maximum atomic E-state index is 12.3. The maximum absolute atomic E-state index is 12.3. The van der Waals surface area contributed by atoms with Crippen LogP contribution >= 0.6 is 11.5 Å². The van der Waals surface area contributed by atoms with Gasteiger partial charge in [-0.1, -0.05) is 0 Å². The summed E-state index contributed by atoms with van der Waals surface area (Å²) in [7, 11) is 0. The standard InChI is InChI=1S/C8H11F3N4S/c9-8(10,11)6-13-7(16-14-6)15-3-1-2-5(12)4-15/h5H,1-4,12H2. The van der Waals surface area contributed by atoms with Crippen molar-refractivity contribution in [2.75, 3.05) is 18.0 Å². The minimum atomic E-state index is -4.47. The molecular weight excluding hydrogens is 241 g/mol. The van der Waals surface area contributed by atoms with E-state index in [-0.39, 0.29) is 6.04 Å². The van der Waals surface area contributed by atoms with Crippen molar-refractivity contribution in [3.05, 3.63) is 5.82 Å². The van der Waals surface area contributed by atoms with Crippen LogP contribution in [0.15, 0.2) is 0 Å². The second kappa shape index (κ2) is 4.17. The molecule has 1 aromatic heterocycles. The Hall–Kier alpha value is -0.890. The van der Waals surface area contributed by atoms with Crippen molar-refractivity contribution in [3.8, 4) is 0 Å². The summed E-state index contributed by atoms with van der Waals surface area (Å²) in [6, 6.07) is 0.00647. The number of hydrogen-bond donors (Lipinski definition) is 1. The van der Waals surface area contributed by atoms with E-state index in [1.54, 1.807) is 4.90 Å². The van der Waals surface area contributed by atoms with Crippen LogP contribution in [0.25, 0.3) is 0 Å². The molecule has 0 saturated carbocycles. The highest BCUT2D eigenvalue weighted by Gasteiger charge is 2.36. The van der Waals surface area contributed by atoms with Crippen LogP contribution in [0.5, 0.6) is 0 Å². The largest absolute Gasteiger partial charge is 0.452 e. The van der Waals surface area contributed by atoms with Gasteiger partial charge in [-0.2, -0.15) is 22.5 Å². The van der Waals surface area contributed by atoms with Crippen LogP contribution in [0.2, 0.25) is 0 Å². The molecule has 2 rings (SSSR count).